The summed E-state index contributed by atoms with van der Waals surface area (Å²) < 4.78 is 25.7. The number of amides is 2. The Kier molecular flexibility index (Phi) is 6.81. The monoisotopic (exact) mass is 504 g/mol. The minimum absolute atomic E-state index is 0.137. The fourth-order valence-corrected chi connectivity index (χ4v) is 5.35. The van der Waals surface area contributed by atoms with E-state index in [0.29, 0.717) is 26.9 Å². The van der Waals surface area contributed by atoms with Crippen LogP contribution in [-0.4, -0.2) is 21.0 Å². The number of carbonyl (C=O) groups excluding carboxylic acids is 1. The maximum atomic E-state index is 12.9. The van der Waals surface area contributed by atoms with Gasteiger partial charge in [0.2, 0.25) is 0 Å². The molecule has 4 rings (SSSR count). The summed E-state index contributed by atoms with van der Waals surface area (Å²) >= 11 is 12.1. The molecule has 0 saturated carbocycles. The van der Waals surface area contributed by atoms with Gasteiger partial charge in [0.25, 0.3) is 0 Å². The van der Waals surface area contributed by atoms with Crippen LogP contribution in [0.2, 0.25) is 10.0 Å². The number of nitrogens with zero attached hydrogens (tertiary/aromatic N) is 1. The smallest absolute Gasteiger partial charge is 0.319 e. The quantitative estimate of drug-likeness (QED) is 0.427. The Morgan fingerprint density at radius 3 is 2.58 bits per heavy atom. The van der Waals surface area contributed by atoms with Crippen molar-refractivity contribution in [2.75, 3.05) is 16.9 Å². The Balaban J connectivity index is 1.37. The third kappa shape index (κ3) is 5.42. The highest BCUT2D eigenvalue weighted by Gasteiger charge is 2.20. The normalized spacial score (nSPS) is 13.0. The van der Waals surface area contributed by atoms with E-state index < -0.39 is 15.9 Å². The van der Waals surface area contributed by atoms with E-state index in [9.17, 15) is 13.2 Å². The molecule has 1 heterocycles. The van der Waals surface area contributed by atoms with Crippen LogP contribution in [0.4, 0.5) is 16.2 Å². The third-order valence-corrected chi connectivity index (χ3v) is 7.94. The molecule has 1 aliphatic rings. The van der Waals surface area contributed by atoms with Crippen molar-refractivity contribution in [1.29, 1.82) is 0 Å². The first-order valence-corrected chi connectivity index (χ1v) is 12.6. The molecule has 0 aliphatic carbocycles. The molecule has 4 N–H and O–H groups in total. The lowest BCUT2D eigenvalue weighted by atomic mass is 10.1. The van der Waals surface area contributed by atoms with Gasteiger partial charge in [0.1, 0.15) is 0 Å². The summed E-state index contributed by atoms with van der Waals surface area (Å²) in [5.41, 5.74) is 3.80. The molecule has 33 heavy (non-hydrogen) atoms. The molecule has 0 radical (unpaired) electrons. The van der Waals surface area contributed by atoms with E-state index >= 15 is 0 Å². The van der Waals surface area contributed by atoms with E-state index in [-0.39, 0.29) is 17.2 Å². The van der Waals surface area contributed by atoms with Crippen LogP contribution in [-0.2, 0) is 28.6 Å². The fraction of sp³-hybridized carbons (Fsp3) is 0.174. The molecule has 172 valence electrons. The van der Waals surface area contributed by atoms with Gasteiger partial charge in [-0.1, -0.05) is 47.5 Å². The second-order valence-corrected chi connectivity index (χ2v) is 10.5. The van der Waals surface area contributed by atoms with Crippen molar-refractivity contribution in [2.45, 2.75) is 23.6 Å². The summed E-state index contributed by atoms with van der Waals surface area (Å²) in [6, 6.07) is 16.3. The van der Waals surface area contributed by atoms with Crippen LogP contribution in [0.5, 0.6) is 0 Å². The van der Waals surface area contributed by atoms with Crippen molar-refractivity contribution in [3.63, 3.8) is 0 Å². The highest BCUT2D eigenvalue weighted by Crippen LogP contribution is 2.28. The second-order valence-electron chi connectivity index (χ2n) is 7.71. The van der Waals surface area contributed by atoms with Gasteiger partial charge >= 0.3 is 6.03 Å². The Labute approximate surface area is 202 Å². The molecular formula is C23H22Cl2N4O3S. The van der Waals surface area contributed by atoms with Gasteiger partial charge in [0.15, 0.2) is 9.84 Å². The van der Waals surface area contributed by atoms with Crippen LogP contribution < -0.4 is 21.5 Å². The number of halogens is 2. The minimum atomic E-state index is -3.56. The van der Waals surface area contributed by atoms with Gasteiger partial charge < -0.3 is 15.6 Å². The number of urea groups is 1. The average Bonchev–Trinajstić information content (AvgIpc) is 3.15. The molecule has 2 amide bonds. The number of nitrogens with two attached hydrogens (primary N) is 1. The molecule has 7 nitrogen and oxygen atoms in total. The average molecular weight is 505 g/mol. The molecule has 10 heteroatoms. The molecule has 1 aliphatic heterocycles. The summed E-state index contributed by atoms with van der Waals surface area (Å²) in [7, 11) is -3.56. The number of fused-ring (bicyclic) bond motifs is 1. The Bertz CT molecular complexity index is 1300. The number of hydrazine groups is 1. The molecule has 0 fully saturated rings. The van der Waals surface area contributed by atoms with Crippen LogP contribution in [0.3, 0.4) is 0 Å². The summed E-state index contributed by atoms with van der Waals surface area (Å²) in [5.74, 6) is 5.81. The Morgan fingerprint density at radius 1 is 1.06 bits per heavy atom. The lowest BCUT2D eigenvalue weighted by Crippen LogP contribution is -2.28. The number of carbonyl (C=O) groups is 1. The van der Waals surface area contributed by atoms with Crippen LogP contribution in [0.1, 0.15) is 16.7 Å². The zero-order valence-corrected chi connectivity index (χ0v) is 19.8. The zero-order valence-electron chi connectivity index (χ0n) is 17.5. The number of hydrogen-bond acceptors (Lipinski definition) is 5. The Morgan fingerprint density at radius 2 is 1.82 bits per heavy atom. The first kappa shape index (κ1) is 23.4. The van der Waals surface area contributed by atoms with E-state index in [0.717, 1.165) is 24.2 Å². The predicted octanol–water partition coefficient (Wildman–Crippen LogP) is 4.53. The summed E-state index contributed by atoms with van der Waals surface area (Å²) in [6.07, 6.45) is 0.854. The van der Waals surface area contributed by atoms with Gasteiger partial charge in [-0.3, -0.25) is 0 Å². The lowest BCUT2D eigenvalue weighted by Gasteiger charge is -2.13. The molecule has 3 aromatic carbocycles. The van der Waals surface area contributed by atoms with Crippen LogP contribution in [0, 0.1) is 0 Å². The van der Waals surface area contributed by atoms with Crippen LogP contribution in [0.25, 0.3) is 0 Å². The van der Waals surface area contributed by atoms with Gasteiger partial charge in [-0.05, 0) is 59.5 Å². The van der Waals surface area contributed by atoms with Crippen molar-refractivity contribution in [1.82, 2.24) is 5.32 Å². The summed E-state index contributed by atoms with van der Waals surface area (Å²) in [6.45, 7) is 0.915. The topological polar surface area (TPSA) is 105 Å². The number of nitrogens with one attached hydrogen (secondary N) is 2. The highest BCUT2D eigenvalue weighted by atomic mass is 35.5. The number of rotatable bonds is 6. The summed E-state index contributed by atoms with van der Waals surface area (Å²) in [5, 5.41) is 7.79. The van der Waals surface area contributed by atoms with Crippen molar-refractivity contribution in [3.05, 3.63) is 87.4 Å². The molecule has 0 aromatic heterocycles. The van der Waals surface area contributed by atoms with E-state index in [1.807, 2.05) is 18.2 Å². The van der Waals surface area contributed by atoms with Gasteiger partial charge in [-0.25, -0.2) is 19.1 Å². The number of hydrogen-bond donors (Lipinski definition) is 3. The van der Waals surface area contributed by atoms with Crippen molar-refractivity contribution >= 4 is 50.4 Å². The molecule has 0 unspecified atom stereocenters. The highest BCUT2D eigenvalue weighted by molar-refractivity contribution is 7.90. The molecule has 0 saturated heterocycles. The first-order chi connectivity index (χ1) is 15.7. The molecule has 0 bridgehead atoms. The van der Waals surface area contributed by atoms with Crippen LogP contribution in [0.15, 0.2) is 65.6 Å². The number of benzene rings is 3. The van der Waals surface area contributed by atoms with Crippen molar-refractivity contribution in [3.8, 4) is 0 Å². The number of sulfone groups is 1. The minimum Gasteiger partial charge on any atom is -0.334 e. The van der Waals surface area contributed by atoms with Gasteiger partial charge in [-0.15, -0.1) is 0 Å². The maximum absolute atomic E-state index is 12.9. The van der Waals surface area contributed by atoms with Gasteiger partial charge in [-0.2, -0.15) is 0 Å². The predicted molar refractivity (Wildman–Crippen MR) is 131 cm³/mol. The lowest BCUT2D eigenvalue weighted by molar-refractivity contribution is 0.251. The van der Waals surface area contributed by atoms with E-state index in [1.54, 1.807) is 35.3 Å². The third-order valence-electron chi connectivity index (χ3n) is 5.38. The molecule has 0 spiro atoms. The van der Waals surface area contributed by atoms with E-state index in [1.165, 1.54) is 12.1 Å². The van der Waals surface area contributed by atoms with Crippen molar-refractivity contribution in [2.24, 2.45) is 5.84 Å². The molecule has 0 atom stereocenters. The second kappa shape index (κ2) is 9.61. The van der Waals surface area contributed by atoms with E-state index in [2.05, 4.69) is 10.6 Å². The largest absolute Gasteiger partial charge is 0.334 e. The summed E-state index contributed by atoms with van der Waals surface area (Å²) in [4.78, 5) is 12.4. The standard InChI is InChI=1S/C23H22Cl2N4O3S/c24-20-3-1-2-17(22(20)25)13-27-23(30)28-18-6-8-19(9-7-18)33(31,32)14-15-4-5-16-10-11-29(26)21(16)12-15/h1-9,12H,10-11,13-14,26H2,(H2,27,28,30). The van der Waals surface area contributed by atoms with Gasteiger partial charge in [0.05, 0.1) is 26.4 Å². The van der Waals surface area contributed by atoms with Crippen LogP contribution >= 0.6 is 23.2 Å². The zero-order chi connectivity index (χ0) is 23.6. The van der Waals surface area contributed by atoms with Crippen molar-refractivity contribution < 1.29 is 13.2 Å². The SMILES string of the molecule is NN1CCc2ccc(CS(=O)(=O)c3ccc(NC(=O)NCc4cccc(Cl)c4Cl)cc3)cc21. The number of anilines is 2. The molecule has 3 aromatic rings. The molecular weight excluding hydrogens is 483 g/mol. The first-order valence-electron chi connectivity index (χ1n) is 10.2. The Hall–Kier alpha value is -2.78. The van der Waals surface area contributed by atoms with Gasteiger partial charge in [0, 0.05) is 18.8 Å². The maximum Gasteiger partial charge on any atom is 0.319 e. The fourth-order valence-electron chi connectivity index (χ4n) is 3.62. The van der Waals surface area contributed by atoms with E-state index in [4.69, 9.17) is 29.0 Å².